The first-order valence-electron chi connectivity index (χ1n) is 6.75. The fourth-order valence-electron chi connectivity index (χ4n) is 2.36. The molecule has 1 aromatic rings. The predicted octanol–water partition coefficient (Wildman–Crippen LogP) is 2.43. The van der Waals surface area contributed by atoms with E-state index in [0.29, 0.717) is 15.6 Å². The lowest BCUT2D eigenvalue weighted by molar-refractivity contribution is -0.131. The summed E-state index contributed by atoms with van der Waals surface area (Å²) in [6.07, 6.45) is 3.20. The van der Waals surface area contributed by atoms with Crippen LogP contribution in [0.5, 0.6) is 0 Å². The van der Waals surface area contributed by atoms with Crippen LogP contribution in [-0.4, -0.2) is 33.4 Å². The summed E-state index contributed by atoms with van der Waals surface area (Å²) in [6.45, 7) is 3.22. The summed E-state index contributed by atoms with van der Waals surface area (Å²) in [5.74, 6) is -0.0580. The van der Waals surface area contributed by atoms with Gasteiger partial charge in [-0.25, -0.2) is 0 Å². The van der Waals surface area contributed by atoms with Crippen LogP contribution in [-0.2, 0) is 15.6 Å². The minimum atomic E-state index is -1.45. The van der Waals surface area contributed by atoms with Crippen LogP contribution in [0, 0.1) is 0 Å². The first-order chi connectivity index (χ1) is 9.50. The number of rotatable bonds is 3. The Morgan fingerprint density at radius 1 is 1.35 bits per heavy atom. The molecule has 0 aromatic heterocycles. The highest BCUT2D eigenvalue weighted by atomic mass is 35.5. The van der Waals surface area contributed by atoms with E-state index in [-0.39, 0.29) is 5.91 Å². The summed E-state index contributed by atoms with van der Waals surface area (Å²) in [5, 5.41) is -0.0881. The Hall–Kier alpha value is -1.07. The highest BCUT2D eigenvalue weighted by Crippen LogP contribution is 2.24. The summed E-state index contributed by atoms with van der Waals surface area (Å²) < 4.78 is 12.5. The van der Waals surface area contributed by atoms with E-state index in [2.05, 4.69) is 0 Å². The Balaban J connectivity index is 2.13. The number of hydrogen-bond donors (Lipinski definition) is 1. The van der Waals surface area contributed by atoms with Gasteiger partial charge in [0.25, 0.3) is 0 Å². The molecule has 0 saturated carbocycles. The van der Waals surface area contributed by atoms with Crippen molar-refractivity contribution in [2.45, 2.75) is 36.3 Å². The quantitative estimate of drug-likeness (QED) is 0.872. The van der Waals surface area contributed by atoms with Crippen LogP contribution in [0.25, 0.3) is 0 Å². The monoisotopic (exact) mass is 314 g/mol. The van der Waals surface area contributed by atoms with E-state index >= 15 is 0 Å². The van der Waals surface area contributed by atoms with Crippen molar-refractivity contribution in [3.63, 3.8) is 0 Å². The van der Waals surface area contributed by atoms with Crippen molar-refractivity contribution in [1.29, 1.82) is 0 Å². The smallest absolute Gasteiger partial charge is 0.238 e. The van der Waals surface area contributed by atoms with E-state index in [1.807, 2.05) is 0 Å². The van der Waals surface area contributed by atoms with Crippen LogP contribution >= 0.6 is 11.6 Å². The van der Waals surface area contributed by atoms with Gasteiger partial charge in [0.15, 0.2) is 0 Å². The van der Waals surface area contributed by atoms with E-state index in [1.165, 1.54) is 0 Å². The fraction of sp³-hybridized carbons (Fsp3) is 0.500. The zero-order valence-electron chi connectivity index (χ0n) is 11.5. The van der Waals surface area contributed by atoms with Crippen LogP contribution < -0.4 is 5.73 Å². The Morgan fingerprint density at radius 2 is 2.00 bits per heavy atom. The van der Waals surface area contributed by atoms with Crippen molar-refractivity contribution in [3.8, 4) is 0 Å². The summed E-state index contributed by atoms with van der Waals surface area (Å²) in [6, 6.07) is 4.84. The molecule has 1 fully saturated rings. The molecule has 1 amide bonds. The van der Waals surface area contributed by atoms with Crippen molar-refractivity contribution >= 4 is 34.0 Å². The van der Waals surface area contributed by atoms with Crippen LogP contribution in [0.3, 0.4) is 0 Å². The van der Waals surface area contributed by atoms with Crippen LogP contribution in [0.1, 0.15) is 26.2 Å². The molecule has 2 unspecified atom stereocenters. The lowest BCUT2D eigenvalue weighted by Crippen LogP contribution is -2.42. The van der Waals surface area contributed by atoms with Gasteiger partial charge in [-0.15, -0.1) is 0 Å². The molecule has 0 spiro atoms. The molecule has 2 N–H and O–H groups in total. The third kappa shape index (κ3) is 3.33. The molecule has 4 nitrogen and oxygen atoms in total. The number of anilines is 1. The van der Waals surface area contributed by atoms with E-state index < -0.39 is 16.0 Å². The van der Waals surface area contributed by atoms with Gasteiger partial charge < -0.3 is 10.6 Å². The molecule has 0 radical (unpaired) electrons. The molecular weight excluding hydrogens is 296 g/mol. The third-order valence-electron chi connectivity index (χ3n) is 3.53. The van der Waals surface area contributed by atoms with Gasteiger partial charge in [0.2, 0.25) is 5.91 Å². The number of nitrogen functional groups attached to an aromatic ring is 1. The highest BCUT2D eigenvalue weighted by Gasteiger charge is 2.28. The number of amides is 1. The van der Waals surface area contributed by atoms with Gasteiger partial charge in [-0.05, 0) is 44.4 Å². The number of likely N-dealkylation sites (tertiary alicyclic amines) is 1. The van der Waals surface area contributed by atoms with Gasteiger partial charge in [-0.1, -0.05) is 11.6 Å². The summed E-state index contributed by atoms with van der Waals surface area (Å²) in [4.78, 5) is 14.6. The second kappa shape index (κ2) is 6.59. The van der Waals surface area contributed by atoms with Crippen molar-refractivity contribution in [2.24, 2.45) is 0 Å². The second-order valence-corrected chi connectivity index (χ2v) is 7.19. The number of hydrogen-bond acceptors (Lipinski definition) is 3. The Labute approximate surface area is 126 Å². The molecule has 1 saturated heterocycles. The zero-order valence-corrected chi connectivity index (χ0v) is 13.0. The van der Waals surface area contributed by atoms with Crippen LogP contribution in [0.2, 0.25) is 5.02 Å². The second-order valence-electron chi connectivity index (χ2n) is 5.01. The molecule has 0 bridgehead atoms. The van der Waals surface area contributed by atoms with Gasteiger partial charge in [0.1, 0.15) is 5.25 Å². The van der Waals surface area contributed by atoms with Gasteiger partial charge in [0.05, 0.1) is 15.7 Å². The van der Waals surface area contributed by atoms with Gasteiger partial charge in [-0.3, -0.25) is 9.00 Å². The number of nitrogens with two attached hydrogens (primary N) is 1. The molecule has 1 aromatic carbocycles. The minimum Gasteiger partial charge on any atom is -0.398 e. The predicted molar refractivity (Wildman–Crippen MR) is 82.2 cm³/mol. The average Bonchev–Trinajstić information content (AvgIpc) is 2.46. The molecule has 2 atom stereocenters. The average molecular weight is 315 g/mol. The number of carbonyl (C=O) groups excluding carboxylic acids is 1. The van der Waals surface area contributed by atoms with E-state index in [1.54, 1.807) is 30.0 Å². The van der Waals surface area contributed by atoms with E-state index in [4.69, 9.17) is 17.3 Å². The topological polar surface area (TPSA) is 63.4 Å². The molecule has 1 aliphatic heterocycles. The SMILES string of the molecule is CC(C(=O)N1CCCCC1)S(=O)c1ccc(Cl)cc1N. The maximum absolute atomic E-state index is 12.5. The van der Waals surface area contributed by atoms with Gasteiger partial charge >= 0.3 is 0 Å². The summed E-state index contributed by atoms with van der Waals surface area (Å²) in [5.41, 5.74) is 6.21. The first kappa shape index (κ1) is 15.3. The number of carbonyl (C=O) groups is 1. The Morgan fingerprint density at radius 3 is 2.60 bits per heavy atom. The molecule has 110 valence electrons. The third-order valence-corrected chi connectivity index (χ3v) is 5.41. The fourth-order valence-corrected chi connectivity index (χ4v) is 3.74. The summed E-state index contributed by atoms with van der Waals surface area (Å²) in [7, 11) is -1.45. The molecule has 2 rings (SSSR count). The molecular formula is C14H19ClN2O2S. The van der Waals surface area contributed by atoms with Crippen molar-refractivity contribution in [2.75, 3.05) is 18.8 Å². The zero-order chi connectivity index (χ0) is 14.7. The standard InChI is InChI=1S/C14H19ClN2O2S/c1-10(14(18)17-7-3-2-4-8-17)20(19)13-6-5-11(15)9-12(13)16/h5-6,9-10H,2-4,7-8,16H2,1H3. The highest BCUT2D eigenvalue weighted by molar-refractivity contribution is 7.86. The van der Waals surface area contributed by atoms with E-state index in [0.717, 1.165) is 32.4 Å². The maximum atomic E-state index is 12.5. The number of piperidine rings is 1. The first-order valence-corrected chi connectivity index (χ1v) is 8.34. The van der Waals surface area contributed by atoms with Crippen molar-refractivity contribution in [3.05, 3.63) is 23.2 Å². The largest absolute Gasteiger partial charge is 0.398 e. The van der Waals surface area contributed by atoms with E-state index in [9.17, 15) is 9.00 Å². The van der Waals surface area contributed by atoms with Gasteiger partial charge in [0, 0.05) is 23.8 Å². The normalized spacial score (nSPS) is 18.6. The lowest BCUT2D eigenvalue weighted by Gasteiger charge is -2.29. The number of nitrogens with zero attached hydrogens (tertiary/aromatic N) is 1. The lowest BCUT2D eigenvalue weighted by atomic mass is 10.1. The van der Waals surface area contributed by atoms with Gasteiger partial charge in [-0.2, -0.15) is 0 Å². The molecule has 6 heteroatoms. The molecule has 1 heterocycles. The molecule has 1 aliphatic rings. The van der Waals surface area contributed by atoms with Crippen LogP contribution in [0.15, 0.2) is 23.1 Å². The molecule has 20 heavy (non-hydrogen) atoms. The van der Waals surface area contributed by atoms with Crippen molar-refractivity contribution in [1.82, 2.24) is 4.90 Å². The van der Waals surface area contributed by atoms with Crippen molar-refractivity contribution < 1.29 is 9.00 Å². The Kier molecular flexibility index (Phi) is 5.05. The summed E-state index contributed by atoms with van der Waals surface area (Å²) >= 11 is 5.83. The Bertz CT molecular complexity index is 530. The maximum Gasteiger partial charge on any atom is 0.238 e. The molecule has 0 aliphatic carbocycles. The minimum absolute atomic E-state index is 0.0580. The number of benzene rings is 1. The number of halogens is 1. The van der Waals surface area contributed by atoms with Crippen LogP contribution in [0.4, 0.5) is 5.69 Å².